The smallest absolute Gasteiger partial charge is 0.344 e. The number of aryl methyl sites for hydroxylation is 1. The van der Waals surface area contributed by atoms with Crippen LogP contribution in [-0.2, 0) is 16.1 Å². The number of carbonyl (C=O) groups excluding carboxylic acids is 1. The van der Waals surface area contributed by atoms with Crippen LogP contribution in [0.15, 0.2) is 36.9 Å². The predicted molar refractivity (Wildman–Crippen MR) is 74.6 cm³/mol. The van der Waals surface area contributed by atoms with E-state index in [2.05, 4.69) is 4.98 Å². The van der Waals surface area contributed by atoms with Gasteiger partial charge in [0, 0.05) is 18.0 Å². The Bertz CT molecular complexity index is 565. The van der Waals surface area contributed by atoms with Crippen LogP contribution in [-0.4, -0.2) is 28.7 Å². The summed E-state index contributed by atoms with van der Waals surface area (Å²) in [6, 6.07) is 5.87. The number of rotatable bonds is 6. The van der Waals surface area contributed by atoms with Crippen LogP contribution in [0.3, 0.4) is 0 Å². The van der Waals surface area contributed by atoms with Crippen molar-refractivity contribution in [2.45, 2.75) is 20.4 Å². The molecule has 1 aromatic carbocycles. The topological polar surface area (TPSA) is 53.4 Å². The normalized spacial score (nSPS) is 10.3. The number of imidazole rings is 1. The first-order valence-electron chi connectivity index (χ1n) is 6.52. The van der Waals surface area contributed by atoms with Crippen LogP contribution in [0.25, 0.3) is 0 Å². The summed E-state index contributed by atoms with van der Waals surface area (Å²) in [6.07, 6.45) is 5.36. The fourth-order valence-corrected chi connectivity index (χ4v) is 1.89. The van der Waals surface area contributed by atoms with Gasteiger partial charge in [-0.3, -0.25) is 0 Å². The summed E-state index contributed by atoms with van der Waals surface area (Å²) in [5.74, 6) is 0.332. The summed E-state index contributed by atoms with van der Waals surface area (Å²) in [4.78, 5) is 15.4. The lowest BCUT2D eigenvalue weighted by Gasteiger charge is -2.12. The third-order valence-electron chi connectivity index (χ3n) is 2.78. The molecule has 0 aliphatic rings. The fraction of sp³-hybridized carbons (Fsp3) is 0.333. The Kier molecular flexibility index (Phi) is 4.76. The van der Waals surface area contributed by atoms with Crippen LogP contribution >= 0.6 is 0 Å². The van der Waals surface area contributed by atoms with Crippen LogP contribution in [0.5, 0.6) is 5.75 Å². The van der Waals surface area contributed by atoms with Crippen molar-refractivity contribution in [1.29, 1.82) is 0 Å². The van der Waals surface area contributed by atoms with Gasteiger partial charge in [0.25, 0.3) is 0 Å². The minimum atomic E-state index is -0.360. The molecule has 0 saturated carbocycles. The molecule has 0 amide bonds. The number of ether oxygens (including phenoxy) is 2. The van der Waals surface area contributed by atoms with Crippen molar-refractivity contribution in [3.63, 3.8) is 0 Å². The average molecular weight is 274 g/mol. The van der Waals surface area contributed by atoms with E-state index in [1.54, 1.807) is 19.4 Å². The van der Waals surface area contributed by atoms with Crippen molar-refractivity contribution >= 4 is 5.97 Å². The maximum absolute atomic E-state index is 11.3. The maximum Gasteiger partial charge on any atom is 0.344 e. The monoisotopic (exact) mass is 274 g/mol. The number of nitrogens with zero attached hydrogens (tertiary/aromatic N) is 2. The van der Waals surface area contributed by atoms with E-state index in [9.17, 15) is 4.79 Å². The van der Waals surface area contributed by atoms with E-state index < -0.39 is 0 Å². The number of benzene rings is 1. The zero-order valence-electron chi connectivity index (χ0n) is 11.7. The first kappa shape index (κ1) is 14.1. The van der Waals surface area contributed by atoms with E-state index in [4.69, 9.17) is 9.47 Å². The van der Waals surface area contributed by atoms with E-state index >= 15 is 0 Å². The van der Waals surface area contributed by atoms with Crippen LogP contribution < -0.4 is 4.74 Å². The summed E-state index contributed by atoms with van der Waals surface area (Å²) >= 11 is 0. The van der Waals surface area contributed by atoms with Crippen molar-refractivity contribution in [3.8, 4) is 5.75 Å². The highest BCUT2D eigenvalue weighted by atomic mass is 16.6. The second-order valence-corrected chi connectivity index (χ2v) is 4.44. The predicted octanol–water partition coefficient (Wildman–Crippen LogP) is 2.18. The molecule has 106 valence electrons. The zero-order valence-corrected chi connectivity index (χ0v) is 11.7. The van der Waals surface area contributed by atoms with Gasteiger partial charge in [0.05, 0.1) is 19.5 Å². The van der Waals surface area contributed by atoms with Crippen molar-refractivity contribution in [2.24, 2.45) is 0 Å². The second-order valence-electron chi connectivity index (χ2n) is 4.44. The molecule has 5 heteroatoms. The van der Waals surface area contributed by atoms with Gasteiger partial charge in [-0.1, -0.05) is 17.7 Å². The average Bonchev–Trinajstić information content (AvgIpc) is 2.91. The van der Waals surface area contributed by atoms with E-state index in [0.29, 0.717) is 18.9 Å². The van der Waals surface area contributed by atoms with Gasteiger partial charge < -0.3 is 14.0 Å². The molecule has 0 atom stereocenters. The molecule has 0 bridgehead atoms. The number of hydrogen-bond donors (Lipinski definition) is 0. The van der Waals surface area contributed by atoms with Gasteiger partial charge in [0.15, 0.2) is 6.61 Å². The van der Waals surface area contributed by atoms with Crippen LogP contribution in [0.4, 0.5) is 0 Å². The molecule has 0 aliphatic heterocycles. The number of hydrogen-bond acceptors (Lipinski definition) is 4. The fourth-order valence-electron chi connectivity index (χ4n) is 1.89. The summed E-state index contributed by atoms with van der Waals surface area (Å²) in [5, 5.41) is 0. The Morgan fingerprint density at radius 2 is 2.25 bits per heavy atom. The van der Waals surface area contributed by atoms with Gasteiger partial charge in [-0.2, -0.15) is 0 Å². The Labute approximate surface area is 118 Å². The van der Waals surface area contributed by atoms with E-state index in [1.165, 1.54) is 0 Å². The Morgan fingerprint density at radius 1 is 1.40 bits per heavy atom. The van der Waals surface area contributed by atoms with Gasteiger partial charge >= 0.3 is 5.97 Å². The van der Waals surface area contributed by atoms with E-state index in [0.717, 1.165) is 11.1 Å². The first-order chi connectivity index (χ1) is 9.69. The lowest BCUT2D eigenvalue weighted by atomic mass is 10.1. The standard InChI is InChI=1S/C15H18N2O3/c1-3-19-15(18)10-20-14-5-4-12(2)8-13(14)9-17-7-6-16-11-17/h4-8,11H,3,9-10H2,1-2H3. The minimum absolute atomic E-state index is 0.0756. The zero-order chi connectivity index (χ0) is 14.4. The Hall–Kier alpha value is -2.30. The lowest BCUT2D eigenvalue weighted by molar-refractivity contribution is -0.145. The molecule has 0 aliphatic carbocycles. The molecule has 5 nitrogen and oxygen atoms in total. The second kappa shape index (κ2) is 6.75. The molecule has 0 fully saturated rings. The highest BCUT2D eigenvalue weighted by Crippen LogP contribution is 2.21. The Balaban J connectivity index is 2.09. The molecule has 0 radical (unpaired) electrons. The third kappa shape index (κ3) is 3.85. The Morgan fingerprint density at radius 3 is 2.95 bits per heavy atom. The molecule has 2 rings (SSSR count). The molecule has 20 heavy (non-hydrogen) atoms. The first-order valence-corrected chi connectivity index (χ1v) is 6.52. The van der Waals surface area contributed by atoms with Crippen molar-refractivity contribution in [2.75, 3.05) is 13.2 Å². The summed E-state index contributed by atoms with van der Waals surface area (Å²) in [6.45, 7) is 4.73. The molecule has 0 spiro atoms. The van der Waals surface area contributed by atoms with Gasteiger partial charge in [0.1, 0.15) is 5.75 Å². The van der Waals surface area contributed by atoms with Gasteiger partial charge in [-0.25, -0.2) is 9.78 Å². The molecular formula is C15H18N2O3. The highest BCUT2D eigenvalue weighted by molar-refractivity contribution is 5.71. The molecule has 0 saturated heterocycles. The molecule has 2 aromatic rings. The molecular weight excluding hydrogens is 256 g/mol. The van der Waals surface area contributed by atoms with Crippen molar-refractivity contribution < 1.29 is 14.3 Å². The maximum atomic E-state index is 11.3. The molecule has 1 heterocycles. The van der Waals surface area contributed by atoms with Crippen molar-refractivity contribution in [1.82, 2.24) is 9.55 Å². The SMILES string of the molecule is CCOC(=O)COc1ccc(C)cc1Cn1ccnc1. The number of aromatic nitrogens is 2. The van der Waals surface area contributed by atoms with E-state index in [-0.39, 0.29) is 12.6 Å². The quantitative estimate of drug-likeness (QED) is 0.758. The number of carbonyl (C=O) groups is 1. The highest BCUT2D eigenvalue weighted by Gasteiger charge is 2.08. The summed E-state index contributed by atoms with van der Waals surface area (Å²) < 4.78 is 12.4. The summed E-state index contributed by atoms with van der Waals surface area (Å²) in [7, 11) is 0. The molecule has 0 N–H and O–H groups in total. The largest absolute Gasteiger partial charge is 0.482 e. The van der Waals surface area contributed by atoms with Gasteiger partial charge in [0.2, 0.25) is 0 Å². The number of esters is 1. The minimum Gasteiger partial charge on any atom is -0.482 e. The van der Waals surface area contributed by atoms with Crippen LogP contribution in [0.2, 0.25) is 0 Å². The molecule has 0 unspecified atom stereocenters. The summed E-state index contributed by atoms with van der Waals surface area (Å²) in [5.41, 5.74) is 2.15. The van der Waals surface area contributed by atoms with Gasteiger partial charge in [-0.05, 0) is 19.9 Å². The van der Waals surface area contributed by atoms with Crippen molar-refractivity contribution in [3.05, 3.63) is 48.0 Å². The van der Waals surface area contributed by atoms with Gasteiger partial charge in [-0.15, -0.1) is 0 Å². The van der Waals surface area contributed by atoms with Crippen LogP contribution in [0.1, 0.15) is 18.1 Å². The lowest BCUT2D eigenvalue weighted by Crippen LogP contribution is -2.15. The molecule has 1 aromatic heterocycles. The third-order valence-corrected chi connectivity index (χ3v) is 2.78. The van der Waals surface area contributed by atoms with E-state index in [1.807, 2.05) is 35.9 Å². The van der Waals surface area contributed by atoms with Crippen LogP contribution in [0, 0.1) is 6.92 Å².